The van der Waals surface area contributed by atoms with Gasteiger partial charge in [0, 0.05) is 12.8 Å². The first kappa shape index (κ1) is 89.4. The number of esters is 4. The largest absolute Gasteiger partial charge is 0.472 e. The Kier molecular flexibility index (Phi) is 59.5. The monoisotopic (exact) mass is 1360 g/mol. The van der Waals surface area contributed by atoms with Crippen molar-refractivity contribution in [2.24, 2.45) is 0 Å². The second-order valence-electron chi connectivity index (χ2n) is 27.7. The minimum absolute atomic E-state index is 0.172. The van der Waals surface area contributed by atoms with E-state index in [1.165, 1.54) is 167 Å². The number of carbonyl (C=O) groups is 5. The maximum atomic E-state index is 14.6. The summed E-state index contributed by atoms with van der Waals surface area (Å²) in [5, 5.41) is 24.7. The third-order valence-corrected chi connectivity index (χ3v) is 19.1. The third-order valence-electron chi connectivity index (χ3n) is 18.6. The fourth-order valence-corrected chi connectivity index (χ4v) is 13.3. The highest BCUT2D eigenvalue weighted by Crippen LogP contribution is 2.42. The van der Waals surface area contributed by atoms with Gasteiger partial charge in [0.05, 0.1) is 32.0 Å². The normalized spacial score (nSPS) is 17.6. The smallest absolute Gasteiger partial charge is 0.462 e. The number of phosphoric acid groups is 1. The van der Waals surface area contributed by atoms with Gasteiger partial charge in [0.2, 0.25) is 5.91 Å². The number of rotatable bonds is 68. The van der Waals surface area contributed by atoms with E-state index in [9.17, 15) is 48.5 Å². The minimum atomic E-state index is -5.45. The molecule has 0 bridgehead atoms. The Balaban J connectivity index is 3.57. The fourth-order valence-electron chi connectivity index (χ4n) is 12.9. The van der Waals surface area contributed by atoms with E-state index < -0.39 is 112 Å². The molecule has 8 atom stereocenters. The highest BCUT2D eigenvalue weighted by Gasteiger charge is 2.53. The van der Waals surface area contributed by atoms with Crippen LogP contribution in [0.25, 0.3) is 0 Å². The van der Waals surface area contributed by atoms with Gasteiger partial charge in [0.15, 0.2) is 18.5 Å². The number of amides is 1. The van der Waals surface area contributed by atoms with E-state index in [0.717, 1.165) is 116 Å². The van der Waals surface area contributed by atoms with E-state index in [-0.39, 0.29) is 12.8 Å². The Morgan fingerprint density at radius 3 is 0.989 bits per heavy atom. The molecule has 0 saturated carbocycles. The van der Waals surface area contributed by atoms with Gasteiger partial charge >= 0.3 is 31.7 Å². The Morgan fingerprint density at radius 2 is 0.681 bits per heavy atom. The zero-order chi connectivity index (χ0) is 69.0. The summed E-state index contributed by atoms with van der Waals surface area (Å²) in [6.07, 6.45) is 43.1. The molecule has 1 heterocycles. The summed E-state index contributed by atoms with van der Waals surface area (Å²) in [5.74, 6) is -3.50. The summed E-state index contributed by atoms with van der Waals surface area (Å²) in [7, 11) is -5.45. The lowest BCUT2D eigenvalue weighted by Crippen LogP contribution is -2.66. The number of phosphoric ester groups is 1. The Morgan fingerprint density at radius 1 is 0.394 bits per heavy atom. The first-order valence-electron chi connectivity index (χ1n) is 39.4. The molecule has 0 aromatic heterocycles. The van der Waals surface area contributed by atoms with Crippen LogP contribution >= 0.6 is 7.82 Å². The first-order valence-corrected chi connectivity index (χ1v) is 40.9. The van der Waals surface area contributed by atoms with E-state index in [1.807, 2.05) is 0 Å². The van der Waals surface area contributed by atoms with E-state index in [2.05, 4.69) is 39.9 Å². The van der Waals surface area contributed by atoms with Crippen molar-refractivity contribution in [3.8, 4) is 0 Å². The number of unbranched alkanes of at least 4 members (excludes halogenated alkanes) is 44. The summed E-state index contributed by atoms with van der Waals surface area (Å²) in [6.45, 7) is 10.1. The minimum Gasteiger partial charge on any atom is -0.462 e. The van der Waals surface area contributed by atoms with Crippen LogP contribution in [0.4, 0.5) is 0 Å². The molecule has 18 heteroatoms. The van der Waals surface area contributed by atoms with Crippen LogP contribution in [-0.2, 0) is 56.7 Å². The molecule has 1 saturated heterocycles. The molecule has 0 aromatic rings. The first-order chi connectivity index (χ1) is 45.6. The van der Waals surface area contributed by atoms with Crippen LogP contribution in [0.1, 0.15) is 401 Å². The van der Waals surface area contributed by atoms with Crippen molar-refractivity contribution in [2.75, 3.05) is 6.61 Å². The summed E-state index contributed by atoms with van der Waals surface area (Å²) >= 11 is 0. The van der Waals surface area contributed by atoms with Crippen LogP contribution in [0.5, 0.6) is 0 Å². The molecular weight excluding hydrogens is 1210 g/mol. The van der Waals surface area contributed by atoms with Crippen molar-refractivity contribution in [3.63, 3.8) is 0 Å². The number of aliphatic hydroxyl groups is 2. The fraction of sp³-hybridized carbons (Fsp3) is 0.934. The second kappa shape index (κ2) is 62.6. The van der Waals surface area contributed by atoms with Crippen LogP contribution in [0.15, 0.2) is 0 Å². The zero-order valence-corrected chi connectivity index (χ0v) is 61.7. The molecule has 1 fully saturated rings. The third kappa shape index (κ3) is 52.4. The van der Waals surface area contributed by atoms with Crippen LogP contribution in [0, 0.1) is 0 Å². The highest BCUT2D eigenvalue weighted by molar-refractivity contribution is 7.46. The van der Waals surface area contributed by atoms with Crippen LogP contribution in [-0.4, -0.2) is 105 Å². The molecule has 1 aliphatic heterocycles. The summed E-state index contributed by atoms with van der Waals surface area (Å²) < 4.78 is 48.3. The molecule has 1 aliphatic rings. The predicted molar refractivity (Wildman–Crippen MR) is 378 cm³/mol. The Hall–Kier alpha value is -2.66. The van der Waals surface area contributed by atoms with Crippen molar-refractivity contribution >= 4 is 37.6 Å². The predicted octanol–water partition coefficient (Wildman–Crippen LogP) is 19.6. The topological polar surface area (TPSA) is 251 Å². The number of hydrogen-bond acceptors (Lipinski definition) is 14. The number of ether oxygens (including phenoxy) is 5. The molecule has 1 rings (SSSR count). The van der Waals surface area contributed by atoms with E-state index >= 15 is 0 Å². The van der Waals surface area contributed by atoms with Crippen molar-refractivity contribution in [3.05, 3.63) is 0 Å². The lowest BCUT2D eigenvalue weighted by atomic mass is 9.95. The molecule has 0 spiro atoms. The van der Waals surface area contributed by atoms with Gasteiger partial charge < -0.3 is 49.0 Å². The number of hydrogen-bond donors (Lipinski definition) is 5. The highest BCUT2D eigenvalue weighted by atomic mass is 31.2. The zero-order valence-electron chi connectivity index (χ0n) is 60.8. The van der Waals surface area contributed by atoms with E-state index in [1.54, 1.807) is 0 Å². The molecule has 0 unspecified atom stereocenters. The van der Waals surface area contributed by atoms with Crippen molar-refractivity contribution in [1.29, 1.82) is 0 Å². The molecule has 0 aliphatic carbocycles. The van der Waals surface area contributed by atoms with Gasteiger partial charge in [-0.15, -0.1) is 0 Å². The Bertz CT molecular complexity index is 1850. The number of aliphatic hydroxyl groups excluding tert-OH is 2. The van der Waals surface area contributed by atoms with Gasteiger partial charge in [0.25, 0.3) is 0 Å². The van der Waals surface area contributed by atoms with E-state index in [0.29, 0.717) is 51.4 Å². The average Bonchev–Trinajstić information content (AvgIpc) is 0.785. The van der Waals surface area contributed by atoms with Crippen molar-refractivity contribution in [1.82, 2.24) is 5.32 Å². The molecule has 17 nitrogen and oxygen atoms in total. The van der Waals surface area contributed by atoms with Gasteiger partial charge in [-0.1, -0.05) is 324 Å². The molecule has 94 heavy (non-hydrogen) atoms. The van der Waals surface area contributed by atoms with Crippen LogP contribution < -0.4 is 5.32 Å². The number of carbonyl (C=O) groups excluding carboxylic acids is 5. The summed E-state index contributed by atoms with van der Waals surface area (Å²) in [6, 6.07) is -1.77. The number of nitrogens with one attached hydrogen (secondary N) is 1. The van der Waals surface area contributed by atoms with E-state index in [4.69, 9.17) is 28.2 Å². The van der Waals surface area contributed by atoms with Gasteiger partial charge in [-0.05, 0) is 44.9 Å². The molecule has 5 N–H and O–H groups in total. The molecular formula is C76H144NO16P. The lowest BCUT2D eigenvalue weighted by molar-refractivity contribution is -0.260. The second-order valence-corrected chi connectivity index (χ2v) is 28.9. The van der Waals surface area contributed by atoms with Crippen LogP contribution in [0.3, 0.4) is 0 Å². The lowest BCUT2D eigenvalue weighted by Gasteiger charge is -2.45. The maximum Gasteiger partial charge on any atom is 0.472 e. The van der Waals surface area contributed by atoms with Crippen LogP contribution in [0.2, 0.25) is 0 Å². The van der Waals surface area contributed by atoms with Crippen molar-refractivity contribution in [2.45, 2.75) is 450 Å². The molecule has 1 amide bonds. The SMILES string of the molecule is CCCCCCCCCCCCCC(=O)O[C@H](CCCCCCCCCCC)CC(=O)O[C@@H]1[C@@H](NC(=O)C[C@H](O)CCCCCCCCCCC)[C@@H](OP(=O)(O)O)O[C@H](CO)[C@H]1OC(=O)C[C@@H](CCCCCCCCCCC)OC(=O)CCCCCCCCCCCCC. The Labute approximate surface area is 573 Å². The average molecular weight is 1360 g/mol. The summed E-state index contributed by atoms with van der Waals surface area (Å²) in [5.41, 5.74) is 0. The summed E-state index contributed by atoms with van der Waals surface area (Å²) in [4.78, 5) is 90.8. The molecule has 0 radical (unpaired) electrons. The van der Waals surface area contributed by atoms with Gasteiger partial charge in [0.1, 0.15) is 24.4 Å². The standard InChI is InChI=1S/C76H144NO16P/c1-6-11-16-21-26-31-33-38-43-48-53-58-69(81)88-65(56-51-46-41-36-29-24-19-14-9-4)61-71(83)91-74-67(63-78)90-76(93-94(85,86)87)73(77-68(80)60-64(79)55-50-45-40-35-28-23-18-13-8-3)75(74)92-72(84)62-66(57-52-47-42-37-30-25-20-15-10-5)89-70(82)59-54-49-44-39-34-32-27-22-17-12-7-2/h64-67,73-76,78-79H,6-63H2,1-5H3,(H,77,80)(H2,85,86,87)/t64-,65-,66-,67-,73-,74-,75-,76-/m1/s1. The molecule has 0 aromatic carbocycles. The molecule has 554 valence electrons. The van der Waals surface area contributed by atoms with Crippen molar-refractivity contribution < 1.29 is 76.7 Å². The van der Waals surface area contributed by atoms with Gasteiger partial charge in [-0.25, -0.2) is 4.57 Å². The maximum absolute atomic E-state index is 14.6. The van der Waals surface area contributed by atoms with Gasteiger partial charge in [-0.3, -0.25) is 28.5 Å². The quantitative estimate of drug-likeness (QED) is 0.0164. The van der Waals surface area contributed by atoms with Gasteiger partial charge in [-0.2, -0.15) is 0 Å².